The Morgan fingerprint density at radius 1 is 0.565 bits per heavy atom. The van der Waals surface area contributed by atoms with Crippen molar-refractivity contribution >= 4 is 11.1 Å². The molecule has 0 atom stereocenters. The molecule has 0 radical (unpaired) electrons. The number of hydrogen-bond donors (Lipinski definition) is 0. The van der Waals surface area contributed by atoms with Crippen LogP contribution in [0.5, 0.6) is 0 Å². The van der Waals surface area contributed by atoms with E-state index in [-0.39, 0.29) is 19.8 Å². The third-order valence-corrected chi connectivity index (χ3v) is 3.56. The summed E-state index contributed by atoms with van der Waals surface area (Å²) in [5, 5.41) is 0. The first-order valence-electron chi connectivity index (χ1n) is 7.59. The van der Waals surface area contributed by atoms with E-state index in [1.54, 1.807) is 0 Å². The molecule has 0 aliphatic heterocycles. The van der Waals surface area contributed by atoms with Crippen molar-refractivity contribution in [1.29, 1.82) is 0 Å². The number of hydrogen-bond acceptors (Lipinski definition) is 0. The molecule has 0 fully saturated rings. The molecule has 2 aromatic rings. The van der Waals surface area contributed by atoms with Crippen molar-refractivity contribution in [1.82, 2.24) is 0 Å². The van der Waals surface area contributed by atoms with E-state index in [1.807, 2.05) is 12.1 Å². The van der Waals surface area contributed by atoms with Crippen LogP contribution in [0, 0.1) is 12.2 Å². The van der Waals surface area contributed by atoms with Gasteiger partial charge < -0.3 is 0 Å². The van der Waals surface area contributed by atoms with Gasteiger partial charge in [0.1, 0.15) is 0 Å². The van der Waals surface area contributed by atoms with Crippen LogP contribution in [0.4, 0.5) is 0 Å². The molecule has 2 aromatic carbocycles. The zero-order valence-electron chi connectivity index (χ0n) is 12.9. The molecule has 0 nitrogen and oxygen atoms in total. The Kier molecular flexibility index (Phi) is 6.98. The van der Waals surface area contributed by atoms with Gasteiger partial charge in [0.15, 0.2) is 0 Å². The van der Waals surface area contributed by atoms with Gasteiger partial charge >= 0.3 is 19.8 Å². The second kappa shape index (κ2) is 9.24. The molecule has 1 heteroatoms. The predicted octanol–water partition coefficient (Wildman–Crippen LogP) is 5.66. The Balaban J connectivity index is 0.000000160. The Hall–Kier alpha value is -1.96. The molecule has 0 bridgehead atoms. The first kappa shape index (κ1) is 17.4. The van der Waals surface area contributed by atoms with E-state index in [0.717, 1.165) is 12.8 Å². The average molecular weight is 473 g/mol. The summed E-state index contributed by atoms with van der Waals surface area (Å²) in [6.07, 6.45) is 17.0. The summed E-state index contributed by atoms with van der Waals surface area (Å²) in [7, 11) is 0. The summed E-state index contributed by atoms with van der Waals surface area (Å²) in [5.74, 6) is 0. The van der Waals surface area contributed by atoms with Crippen molar-refractivity contribution in [2.45, 2.75) is 12.8 Å². The zero-order chi connectivity index (χ0) is 15.0. The van der Waals surface area contributed by atoms with Crippen LogP contribution >= 0.6 is 0 Å². The minimum atomic E-state index is 0. The Bertz CT molecular complexity index is 654. The molecule has 0 spiro atoms. The van der Waals surface area contributed by atoms with E-state index in [2.05, 4.69) is 85.0 Å². The Labute approximate surface area is 152 Å². The zero-order valence-corrected chi connectivity index (χ0v) is 15.4. The van der Waals surface area contributed by atoms with Gasteiger partial charge in [0.2, 0.25) is 0 Å². The van der Waals surface area contributed by atoms with Crippen LogP contribution in [0.15, 0.2) is 85.0 Å². The summed E-state index contributed by atoms with van der Waals surface area (Å²) >= 11 is 0. The van der Waals surface area contributed by atoms with Gasteiger partial charge in [0, 0.05) is 0 Å². The summed E-state index contributed by atoms with van der Waals surface area (Å²) < 4.78 is 0. The smallest absolute Gasteiger partial charge is 0.197 e. The van der Waals surface area contributed by atoms with Gasteiger partial charge in [-0.05, 0) is 0 Å². The van der Waals surface area contributed by atoms with Crippen LogP contribution in [0.25, 0.3) is 11.1 Å². The first-order valence-corrected chi connectivity index (χ1v) is 7.59. The maximum absolute atomic E-state index is 3.28. The minimum absolute atomic E-state index is 0. The molecule has 0 heterocycles. The van der Waals surface area contributed by atoms with E-state index in [4.69, 9.17) is 0 Å². The number of benzene rings is 2. The standard InChI is InChI=1S/2C11H9.Os/c2*1-2-6-10(7-3-1)11-8-4-5-9-11;/h2*1-4,6-8H,5H2;/q2*-1;+2. The third-order valence-electron chi connectivity index (χ3n) is 3.56. The molecule has 4 rings (SSSR count). The van der Waals surface area contributed by atoms with Crippen molar-refractivity contribution in [2.75, 3.05) is 0 Å². The molecule has 114 valence electrons. The SMILES string of the molecule is [C-]1=C(c2ccccc2)C=CC1.[C-]1=C(c2ccccc2)C=CC1.[Os+2]. The molecular weight excluding hydrogens is 454 g/mol. The molecule has 0 saturated carbocycles. The molecule has 0 saturated heterocycles. The number of allylic oxidation sites excluding steroid dienone is 8. The monoisotopic (exact) mass is 474 g/mol. The van der Waals surface area contributed by atoms with Crippen LogP contribution < -0.4 is 0 Å². The fourth-order valence-electron chi connectivity index (χ4n) is 2.44. The van der Waals surface area contributed by atoms with Gasteiger partial charge in [-0.2, -0.15) is 35.5 Å². The molecule has 0 amide bonds. The van der Waals surface area contributed by atoms with Crippen LogP contribution in [0.2, 0.25) is 0 Å². The van der Waals surface area contributed by atoms with Crippen LogP contribution in [0.3, 0.4) is 0 Å². The maximum Gasteiger partial charge on any atom is 2.00 e. The molecule has 2 aliphatic carbocycles. The Morgan fingerprint density at radius 2 is 0.957 bits per heavy atom. The van der Waals surface area contributed by atoms with Gasteiger partial charge in [-0.25, -0.2) is 0 Å². The summed E-state index contributed by atoms with van der Waals surface area (Å²) in [5.41, 5.74) is 4.98. The summed E-state index contributed by atoms with van der Waals surface area (Å²) in [6.45, 7) is 0. The topological polar surface area (TPSA) is 0 Å². The van der Waals surface area contributed by atoms with Gasteiger partial charge in [0.05, 0.1) is 0 Å². The number of rotatable bonds is 2. The second-order valence-electron chi connectivity index (χ2n) is 5.13. The largest absolute Gasteiger partial charge is 2.00 e. The van der Waals surface area contributed by atoms with Crippen LogP contribution in [0.1, 0.15) is 24.0 Å². The minimum Gasteiger partial charge on any atom is -0.197 e. The normalized spacial score (nSPS) is 14.4. The fraction of sp³-hybridized carbons (Fsp3) is 0.0909. The van der Waals surface area contributed by atoms with E-state index < -0.39 is 0 Å². The first-order chi connectivity index (χ1) is 10.9. The van der Waals surface area contributed by atoms with Crippen molar-refractivity contribution in [3.05, 3.63) is 108 Å². The molecule has 23 heavy (non-hydrogen) atoms. The molecule has 0 aromatic heterocycles. The van der Waals surface area contributed by atoms with E-state index in [1.165, 1.54) is 22.3 Å². The molecule has 0 N–H and O–H groups in total. The van der Waals surface area contributed by atoms with E-state index in [9.17, 15) is 0 Å². The summed E-state index contributed by atoms with van der Waals surface area (Å²) in [4.78, 5) is 0. The van der Waals surface area contributed by atoms with Gasteiger partial charge in [-0.3, -0.25) is 0 Å². The maximum atomic E-state index is 3.28. The fourth-order valence-corrected chi connectivity index (χ4v) is 2.44. The molecular formula is C22H18Os. The van der Waals surface area contributed by atoms with Crippen LogP contribution in [-0.4, -0.2) is 0 Å². The summed E-state index contributed by atoms with van der Waals surface area (Å²) in [6, 6.07) is 20.7. The van der Waals surface area contributed by atoms with Crippen molar-refractivity contribution in [3.8, 4) is 0 Å². The van der Waals surface area contributed by atoms with E-state index in [0.29, 0.717) is 0 Å². The van der Waals surface area contributed by atoms with Crippen molar-refractivity contribution in [2.24, 2.45) is 0 Å². The molecule has 0 unspecified atom stereocenters. The van der Waals surface area contributed by atoms with Crippen LogP contribution in [-0.2, 0) is 19.8 Å². The Morgan fingerprint density at radius 3 is 1.26 bits per heavy atom. The second-order valence-corrected chi connectivity index (χ2v) is 5.13. The van der Waals surface area contributed by atoms with Crippen molar-refractivity contribution < 1.29 is 19.8 Å². The molecule has 2 aliphatic rings. The van der Waals surface area contributed by atoms with Gasteiger partial charge in [0.25, 0.3) is 0 Å². The van der Waals surface area contributed by atoms with Gasteiger partial charge in [-0.1, -0.05) is 49.2 Å². The predicted molar refractivity (Wildman–Crippen MR) is 93.7 cm³/mol. The quantitative estimate of drug-likeness (QED) is 0.495. The third kappa shape index (κ3) is 5.02. The van der Waals surface area contributed by atoms with Crippen molar-refractivity contribution in [3.63, 3.8) is 0 Å². The average Bonchev–Trinajstić information content (AvgIpc) is 3.31. The van der Waals surface area contributed by atoms with E-state index >= 15 is 0 Å². The van der Waals surface area contributed by atoms with Gasteiger partial charge in [-0.15, -0.1) is 47.5 Å².